The summed E-state index contributed by atoms with van der Waals surface area (Å²) in [7, 11) is -1.97. The molecule has 1 aromatic heterocycles. The third kappa shape index (κ3) is 5.21. The first kappa shape index (κ1) is 22.3. The quantitative estimate of drug-likeness (QED) is 0.567. The van der Waals surface area contributed by atoms with Crippen LogP contribution in [0.15, 0.2) is 53.4 Å². The van der Waals surface area contributed by atoms with Crippen LogP contribution in [0, 0.1) is 27.7 Å². The summed E-state index contributed by atoms with van der Waals surface area (Å²) in [4.78, 5) is 12.5. The highest BCUT2D eigenvalue weighted by molar-refractivity contribution is 7.92. The van der Waals surface area contributed by atoms with E-state index in [0.29, 0.717) is 16.9 Å². The van der Waals surface area contributed by atoms with Crippen molar-refractivity contribution in [2.45, 2.75) is 32.6 Å². The van der Waals surface area contributed by atoms with Gasteiger partial charge in [-0.25, -0.2) is 8.42 Å². The van der Waals surface area contributed by atoms with Crippen molar-refractivity contribution in [3.05, 3.63) is 76.6 Å². The Hall–Kier alpha value is -3.39. The van der Waals surface area contributed by atoms with Crippen LogP contribution in [-0.2, 0) is 21.9 Å². The number of nitrogens with zero attached hydrogens (tertiary/aromatic N) is 2. The fourth-order valence-electron chi connectivity index (χ4n) is 3.26. The summed E-state index contributed by atoms with van der Waals surface area (Å²) in [6.45, 7) is 7.41. The van der Waals surface area contributed by atoms with Crippen LogP contribution < -0.4 is 10.0 Å². The lowest BCUT2D eigenvalue weighted by Crippen LogP contribution is -2.15. The summed E-state index contributed by atoms with van der Waals surface area (Å²) < 4.78 is 30.2. The highest BCUT2D eigenvalue weighted by Crippen LogP contribution is 2.23. The van der Waals surface area contributed by atoms with Crippen LogP contribution in [0.5, 0.6) is 0 Å². The number of aryl methyl sites for hydroxylation is 4. The van der Waals surface area contributed by atoms with E-state index in [-0.39, 0.29) is 10.8 Å². The summed E-state index contributed by atoms with van der Waals surface area (Å²) in [5, 5.41) is 7.05. The van der Waals surface area contributed by atoms with E-state index < -0.39 is 10.0 Å². The van der Waals surface area contributed by atoms with Gasteiger partial charge in [0.15, 0.2) is 0 Å². The van der Waals surface area contributed by atoms with Crippen LogP contribution in [0.2, 0.25) is 0 Å². The molecule has 8 heteroatoms. The van der Waals surface area contributed by atoms with Crippen molar-refractivity contribution in [3.8, 4) is 0 Å². The Labute approximate surface area is 182 Å². The number of anilines is 2. The number of carbonyl (C=O) groups is 1. The van der Waals surface area contributed by atoms with Gasteiger partial charge in [-0.3, -0.25) is 14.2 Å². The van der Waals surface area contributed by atoms with Crippen molar-refractivity contribution in [2.24, 2.45) is 7.05 Å². The Kier molecular flexibility index (Phi) is 6.31. The van der Waals surface area contributed by atoms with Gasteiger partial charge in [-0.05, 0) is 69.2 Å². The number of hydrogen-bond acceptors (Lipinski definition) is 4. The number of amides is 1. The topological polar surface area (TPSA) is 93.1 Å². The van der Waals surface area contributed by atoms with Crippen molar-refractivity contribution < 1.29 is 13.2 Å². The standard InChI is InChI=1S/C23H26N4O3S/c1-15-7-6-8-20(13-15)26-31(29,30)22-14-19(10-9-16(22)2)24-23(28)12-11-21-17(3)25-27(5)18(21)4/h6-14,26H,1-5H3,(H,24,28)/b12-11+. The molecule has 1 amide bonds. The molecule has 31 heavy (non-hydrogen) atoms. The molecule has 0 aliphatic heterocycles. The molecule has 0 aliphatic rings. The minimum Gasteiger partial charge on any atom is -0.322 e. The van der Waals surface area contributed by atoms with Gasteiger partial charge < -0.3 is 5.32 Å². The molecule has 0 aliphatic carbocycles. The Morgan fingerprint density at radius 2 is 1.77 bits per heavy atom. The molecule has 0 fully saturated rings. The molecule has 0 saturated heterocycles. The number of rotatable bonds is 6. The lowest BCUT2D eigenvalue weighted by molar-refractivity contribution is -0.111. The molecule has 0 bridgehead atoms. The summed E-state index contributed by atoms with van der Waals surface area (Å²) in [6.07, 6.45) is 3.12. The Morgan fingerprint density at radius 1 is 1.03 bits per heavy atom. The van der Waals surface area contributed by atoms with Crippen LogP contribution in [0.3, 0.4) is 0 Å². The van der Waals surface area contributed by atoms with Crippen LogP contribution in [0.25, 0.3) is 6.08 Å². The fraction of sp³-hybridized carbons (Fsp3) is 0.217. The number of benzene rings is 2. The number of carbonyl (C=O) groups excluding carboxylic acids is 1. The molecule has 7 nitrogen and oxygen atoms in total. The van der Waals surface area contributed by atoms with Crippen molar-refractivity contribution in [2.75, 3.05) is 10.0 Å². The molecule has 0 spiro atoms. The zero-order valence-corrected chi connectivity index (χ0v) is 19.0. The molecular weight excluding hydrogens is 412 g/mol. The predicted octanol–water partition coefficient (Wildman–Crippen LogP) is 4.11. The van der Waals surface area contributed by atoms with Gasteiger partial charge in [0, 0.05) is 35.8 Å². The van der Waals surface area contributed by atoms with E-state index in [1.54, 1.807) is 48.0 Å². The molecule has 0 radical (unpaired) electrons. The normalized spacial score (nSPS) is 11.6. The van der Waals surface area contributed by atoms with E-state index in [4.69, 9.17) is 0 Å². The second-order valence-corrected chi connectivity index (χ2v) is 9.14. The third-order valence-electron chi connectivity index (χ3n) is 4.98. The minimum atomic E-state index is -3.81. The predicted molar refractivity (Wildman–Crippen MR) is 124 cm³/mol. The average molecular weight is 439 g/mol. The molecule has 3 aromatic rings. The first-order valence-electron chi connectivity index (χ1n) is 9.76. The van der Waals surface area contributed by atoms with Crippen LogP contribution >= 0.6 is 0 Å². The van der Waals surface area contributed by atoms with Gasteiger partial charge in [0.2, 0.25) is 5.91 Å². The Balaban J connectivity index is 1.80. The molecule has 2 aromatic carbocycles. The summed E-state index contributed by atoms with van der Waals surface area (Å²) in [6, 6.07) is 11.9. The van der Waals surface area contributed by atoms with Crippen molar-refractivity contribution in [3.63, 3.8) is 0 Å². The van der Waals surface area contributed by atoms with Gasteiger partial charge >= 0.3 is 0 Å². The van der Waals surface area contributed by atoms with Gasteiger partial charge in [0.05, 0.1) is 10.6 Å². The van der Waals surface area contributed by atoms with E-state index in [0.717, 1.165) is 22.5 Å². The maximum Gasteiger partial charge on any atom is 0.262 e. The maximum absolute atomic E-state index is 12.9. The molecule has 0 atom stereocenters. The first-order chi connectivity index (χ1) is 14.6. The van der Waals surface area contributed by atoms with Gasteiger partial charge in [0.1, 0.15) is 0 Å². The maximum atomic E-state index is 12.9. The van der Waals surface area contributed by atoms with E-state index in [2.05, 4.69) is 15.1 Å². The molecule has 0 unspecified atom stereocenters. The third-order valence-corrected chi connectivity index (χ3v) is 6.51. The second-order valence-electron chi connectivity index (χ2n) is 7.49. The summed E-state index contributed by atoms with van der Waals surface area (Å²) >= 11 is 0. The Bertz CT molecular complexity index is 1270. The van der Waals surface area contributed by atoms with Crippen LogP contribution in [-0.4, -0.2) is 24.1 Å². The number of nitrogens with one attached hydrogen (secondary N) is 2. The number of aromatic nitrogens is 2. The lowest BCUT2D eigenvalue weighted by Gasteiger charge is -2.12. The second kappa shape index (κ2) is 8.77. The molecule has 0 saturated carbocycles. The fourth-order valence-corrected chi connectivity index (χ4v) is 4.58. The highest BCUT2D eigenvalue weighted by Gasteiger charge is 2.18. The number of hydrogen-bond donors (Lipinski definition) is 2. The number of sulfonamides is 1. The zero-order valence-electron chi connectivity index (χ0n) is 18.2. The highest BCUT2D eigenvalue weighted by atomic mass is 32.2. The molecule has 3 rings (SSSR count). The summed E-state index contributed by atoms with van der Waals surface area (Å²) in [5.74, 6) is -0.360. The zero-order chi connectivity index (χ0) is 22.8. The van der Waals surface area contributed by atoms with Crippen molar-refractivity contribution in [1.29, 1.82) is 0 Å². The van der Waals surface area contributed by atoms with Crippen LogP contribution in [0.4, 0.5) is 11.4 Å². The van der Waals surface area contributed by atoms with E-state index >= 15 is 0 Å². The van der Waals surface area contributed by atoms with Gasteiger partial charge in [-0.15, -0.1) is 0 Å². The summed E-state index contributed by atoms with van der Waals surface area (Å²) in [5.41, 5.74) is 5.07. The van der Waals surface area contributed by atoms with Gasteiger partial charge in [0.25, 0.3) is 10.0 Å². The van der Waals surface area contributed by atoms with E-state index in [1.807, 2.05) is 33.9 Å². The minimum absolute atomic E-state index is 0.106. The van der Waals surface area contributed by atoms with Gasteiger partial charge in [-0.1, -0.05) is 18.2 Å². The van der Waals surface area contributed by atoms with Crippen molar-refractivity contribution >= 4 is 33.4 Å². The average Bonchev–Trinajstić information content (AvgIpc) is 2.92. The van der Waals surface area contributed by atoms with E-state index in [1.165, 1.54) is 12.1 Å². The lowest BCUT2D eigenvalue weighted by atomic mass is 10.2. The van der Waals surface area contributed by atoms with E-state index in [9.17, 15) is 13.2 Å². The largest absolute Gasteiger partial charge is 0.322 e. The Morgan fingerprint density at radius 3 is 2.42 bits per heavy atom. The molecule has 162 valence electrons. The van der Waals surface area contributed by atoms with Crippen molar-refractivity contribution in [1.82, 2.24) is 9.78 Å². The SMILES string of the molecule is Cc1cccc(NS(=O)(=O)c2cc(NC(=O)/C=C/c3c(C)nn(C)c3C)ccc2C)c1. The molecular formula is C23H26N4O3S. The first-order valence-corrected chi connectivity index (χ1v) is 11.2. The van der Waals surface area contributed by atoms with Gasteiger partial charge in [-0.2, -0.15) is 5.10 Å². The molecule has 2 N–H and O–H groups in total. The smallest absolute Gasteiger partial charge is 0.262 e. The van der Waals surface area contributed by atoms with Crippen LogP contribution in [0.1, 0.15) is 28.1 Å². The monoisotopic (exact) mass is 438 g/mol. The molecule has 1 heterocycles.